The van der Waals surface area contributed by atoms with Gasteiger partial charge in [0.1, 0.15) is 11.2 Å². The number of para-hydroxylation sites is 1. The Labute approximate surface area is 134 Å². The SMILES string of the molecule is F[B-]1(F)n2cccc2C(c2nc3ccccc3s2)=C2C=CC=[N+]21. The van der Waals surface area contributed by atoms with Gasteiger partial charge in [-0.25, -0.2) is 4.98 Å². The zero-order chi connectivity index (χ0) is 15.6. The first kappa shape index (κ1) is 13.0. The van der Waals surface area contributed by atoms with E-state index in [0.29, 0.717) is 11.4 Å². The number of nitrogens with zero attached hydrogens (tertiary/aromatic N) is 3. The van der Waals surface area contributed by atoms with Gasteiger partial charge in [0.25, 0.3) is 0 Å². The van der Waals surface area contributed by atoms with Crippen LogP contribution >= 0.6 is 11.3 Å². The molecule has 0 saturated heterocycles. The molecule has 3 nitrogen and oxygen atoms in total. The summed E-state index contributed by atoms with van der Waals surface area (Å²) in [5.74, 6) is 0. The van der Waals surface area contributed by atoms with Crippen molar-refractivity contribution in [2.45, 2.75) is 0 Å². The third kappa shape index (κ3) is 1.62. The van der Waals surface area contributed by atoms with Gasteiger partial charge in [-0.15, -0.1) is 11.3 Å². The van der Waals surface area contributed by atoms with E-state index in [1.807, 2.05) is 24.3 Å². The summed E-state index contributed by atoms with van der Waals surface area (Å²) in [7, 11) is 0. The van der Waals surface area contributed by atoms with Crippen molar-refractivity contribution < 1.29 is 13.1 Å². The molecule has 0 unspecified atom stereocenters. The molecule has 0 radical (unpaired) electrons. The van der Waals surface area contributed by atoms with Crippen molar-refractivity contribution in [1.82, 2.24) is 9.46 Å². The van der Waals surface area contributed by atoms with Crippen molar-refractivity contribution >= 4 is 40.3 Å². The van der Waals surface area contributed by atoms with E-state index in [9.17, 15) is 8.63 Å². The lowest BCUT2D eigenvalue weighted by molar-refractivity contribution is -0.356. The molecule has 0 fully saturated rings. The number of halogens is 2. The molecule has 2 aromatic heterocycles. The van der Waals surface area contributed by atoms with Gasteiger partial charge in [0.15, 0.2) is 5.70 Å². The molecule has 2 aliphatic heterocycles. The average molecular weight is 325 g/mol. The Kier molecular flexibility index (Phi) is 2.40. The first-order valence-corrected chi connectivity index (χ1v) is 8.08. The second kappa shape index (κ2) is 4.26. The number of benzene rings is 1. The molecule has 0 amide bonds. The summed E-state index contributed by atoms with van der Waals surface area (Å²) in [6.07, 6.45) is 6.26. The highest BCUT2D eigenvalue weighted by molar-refractivity contribution is 7.19. The van der Waals surface area contributed by atoms with Gasteiger partial charge in [-0.2, -0.15) is 0 Å². The fourth-order valence-corrected chi connectivity index (χ4v) is 4.25. The number of hydrogen-bond donors (Lipinski definition) is 0. The molecule has 0 aliphatic carbocycles. The standard InChI is InChI=1S/C16H10BF2N3S/c18-17(19)21-9-3-6-12(21)15(13-7-4-10-22(13)17)16-20-11-5-1-2-8-14(11)23-16/h1-10H. The van der Waals surface area contributed by atoms with Gasteiger partial charge < -0.3 is 17.6 Å². The molecular formula is C16H10BF2N3S. The zero-order valence-corrected chi connectivity index (χ0v) is 12.7. The van der Waals surface area contributed by atoms with Gasteiger partial charge in [0.2, 0.25) is 0 Å². The summed E-state index contributed by atoms with van der Waals surface area (Å²) in [5, 5.41) is 0.761. The van der Waals surface area contributed by atoms with Gasteiger partial charge >= 0.3 is 6.97 Å². The van der Waals surface area contributed by atoms with Crippen LogP contribution in [0.5, 0.6) is 0 Å². The predicted octanol–water partition coefficient (Wildman–Crippen LogP) is 3.75. The van der Waals surface area contributed by atoms with E-state index in [1.54, 1.807) is 24.3 Å². The van der Waals surface area contributed by atoms with E-state index in [2.05, 4.69) is 4.98 Å². The van der Waals surface area contributed by atoms with Crippen LogP contribution < -0.4 is 0 Å². The van der Waals surface area contributed by atoms with Crippen LogP contribution in [0.4, 0.5) is 8.63 Å². The first-order valence-electron chi connectivity index (χ1n) is 7.26. The minimum atomic E-state index is -3.85. The number of aromatic nitrogens is 2. The number of hydrogen-bond acceptors (Lipinski definition) is 2. The third-order valence-corrected chi connectivity index (χ3v) is 5.30. The highest BCUT2D eigenvalue weighted by Gasteiger charge is 2.51. The normalized spacial score (nSPS) is 18.3. The topological polar surface area (TPSA) is 20.8 Å². The molecule has 1 aromatic carbocycles. The first-order chi connectivity index (χ1) is 11.2. The molecule has 0 N–H and O–H groups in total. The molecule has 0 spiro atoms. The maximum Gasteiger partial charge on any atom is 0.737 e. The molecule has 5 rings (SSSR count). The Morgan fingerprint density at radius 2 is 2.00 bits per heavy atom. The molecule has 0 saturated carbocycles. The minimum Gasteiger partial charge on any atom is -0.396 e. The second-order valence-corrected chi connectivity index (χ2v) is 6.58. The van der Waals surface area contributed by atoms with Gasteiger partial charge in [-0.1, -0.05) is 12.1 Å². The Balaban J connectivity index is 1.85. The average Bonchev–Trinajstić information content (AvgIpc) is 3.26. The van der Waals surface area contributed by atoms with Crippen LogP contribution in [0, 0.1) is 0 Å². The number of fused-ring (bicyclic) bond motifs is 3. The summed E-state index contributed by atoms with van der Waals surface area (Å²) < 4.78 is 32.6. The van der Waals surface area contributed by atoms with E-state index < -0.39 is 6.97 Å². The highest BCUT2D eigenvalue weighted by Crippen LogP contribution is 2.40. The summed E-state index contributed by atoms with van der Waals surface area (Å²) in [4.78, 5) is 4.66. The molecule has 0 atom stereocenters. The van der Waals surface area contributed by atoms with Crippen LogP contribution in [0.25, 0.3) is 15.8 Å². The maximum absolute atomic E-state index is 14.7. The van der Waals surface area contributed by atoms with Crippen LogP contribution in [0.15, 0.2) is 60.4 Å². The Morgan fingerprint density at radius 1 is 1.13 bits per heavy atom. The van der Waals surface area contributed by atoms with E-state index in [1.165, 1.54) is 23.7 Å². The predicted molar refractivity (Wildman–Crippen MR) is 88.9 cm³/mol. The molecule has 4 heterocycles. The number of rotatable bonds is 1. The Morgan fingerprint density at radius 3 is 2.87 bits per heavy atom. The molecule has 0 bridgehead atoms. The molecule has 3 aromatic rings. The Hall–Kier alpha value is -2.54. The van der Waals surface area contributed by atoms with Gasteiger partial charge in [-0.3, -0.25) is 0 Å². The minimum absolute atomic E-state index is 0.514. The van der Waals surface area contributed by atoms with Crippen molar-refractivity contribution in [3.8, 4) is 0 Å². The fourth-order valence-electron chi connectivity index (χ4n) is 3.22. The summed E-state index contributed by atoms with van der Waals surface area (Å²) in [6, 6.07) is 11.2. The summed E-state index contributed by atoms with van der Waals surface area (Å²) in [5.41, 5.74) is 2.67. The van der Waals surface area contributed by atoms with Crippen molar-refractivity contribution in [3.63, 3.8) is 0 Å². The lowest BCUT2D eigenvalue weighted by Gasteiger charge is -2.30. The van der Waals surface area contributed by atoms with Gasteiger partial charge in [-0.05, 0) is 30.5 Å². The van der Waals surface area contributed by atoms with Crippen molar-refractivity contribution in [2.75, 3.05) is 0 Å². The van der Waals surface area contributed by atoms with E-state index >= 15 is 0 Å². The van der Waals surface area contributed by atoms with Crippen molar-refractivity contribution in [3.05, 3.63) is 71.1 Å². The van der Waals surface area contributed by atoms with Crippen LogP contribution in [0.3, 0.4) is 0 Å². The number of allylic oxidation sites excluding steroid dienone is 2. The van der Waals surface area contributed by atoms with E-state index in [4.69, 9.17) is 0 Å². The third-order valence-electron chi connectivity index (χ3n) is 4.25. The highest BCUT2D eigenvalue weighted by atomic mass is 32.1. The van der Waals surface area contributed by atoms with Crippen LogP contribution in [0.1, 0.15) is 10.7 Å². The van der Waals surface area contributed by atoms with Crippen LogP contribution in [-0.4, -0.2) is 27.1 Å². The molecule has 112 valence electrons. The molecule has 2 aliphatic rings. The second-order valence-electron chi connectivity index (χ2n) is 5.55. The lowest BCUT2D eigenvalue weighted by atomic mass is 9.89. The largest absolute Gasteiger partial charge is 0.737 e. The van der Waals surface area contributed by atoms with E-state index in [0.717, 1.165) is 29.8 Å². The molecule has 7 heteroatoms. The smallest absolute Gasteiger partial charge is 0.396 e. The summed E-state index contributed by atoms with van der Waals surface area (Å²) >= 11 is 1.53. The summed E-state index contributed by atoms with van der Waals surface area (Å²) in [6.45, 7) is -3.85. The van der Waals surface area contributed by atoms with Crippen LogP contribution in [0.2, 0.25) is 0 Å². The van der Waals surface area contributed by atoms with Gasteiger partial charge in [0, 0.05) is 17.8 Å². The van der Waals surface area contributed by atoms with E-state index in [-0.39, 0.29) is 0 Å². The van der Waals surface area contributed by atoms with Crippen LogP contribution in [-0.2, 0) is 0 Å². The number of thiazole rings is 1. The quantitative estimate of drug-likeness (QED) is 0.624. The molecule has 23 heavy (non-hydrogen) atoms. The molecular weight excluding hydrogens is 315 g/mol. The van der Waals surface area contributed by atoms with Crippen molar-refractivity contribution in [2.24, 2.45) is 0 Å². The zero-order valence-electron chi connectivity index (χ0n) is 11.9. The maximum atomic E-state index is 14.7. The Bertz CT molecular complexity index is 1030. The lowest BCUT2D eigenvalue weighted by Crippen LogP contribution is -2.49. The monoisotopic (exact) mass is 325 g/mol. The van der Waals surface area contributed by atoms with Crippen molar-refractivity contribution in [1.29, 1.82) is 0 Å². The fraction of sp³-hybridized carbons (Fsp3) is 0. The van der Waals surface area contributed by atoms with Gasteiger partial charge in [0.05, 0.1) is 15.8 Å².